The number of rotatable bonds is 5. The molecule has 0 aromatic heterocycles. The molecule has 0 aliphatic carbocycles. The van der Waals surface area contributed by atoms with Gasteiger partial charge in [-0.15, -0.1) is 5.06 Å². The second-order valence-corrected chi connectivity index (χ2v) is 6.42. The van der Waals surface area contributed by atoms with Crippen molar-refractivity contribution in [2.24, 2.45) is 0 Å². The number of carbonyl (C=O) groups excluding carboxylic acids is 3. The number of ether oxygens (including phenoxy) is 1. The molecule has 2 amide bonds. The number of esters is 1. The highest BCUT2D eigenvalue weighted by molar-refractivity contribution is 7.95. The molecule has 0 unspecified atom stereocenters. The number of hydrogen-bond acceptors (Lipinski definition) is 6. The largest absolute Gasteiger partial charge is 0.470 e. The van der Waals surface area contributed by atoms with Crippen LogP contribution in [0.4, 0.5) is 13.2 Å². The van der Waals surface area contributed by atoms with Gasteiger partial charge in [0.25, 0.3) is 11.8 Å². The van der Waals surface area contributed by atoms with Crippen LogP contribution in [0.3, 0.4) is 0 Å². The van der Waals surface area contributed by atoms with Crippen LogP contribution in [0.1, 0.15) is 33.2 Å². The molecule has 1 aliphatic heterocycles. The van der Waals surface area contributed by atoms with Crippen LogP contribution in [0.2, 0.25) is 0 Å². The topological polar surface area (TPSA) is 72.9 Å². The fraction of sp³-hybridized carbons (Fsp3) is 0.167. The normalized spacial score (nSPS) is 14.2. The molecule has 0 spiro atoms. The first-order valence-electron chi connectivity index (χ1n) is 7.86. The molecule has 0 saturated carbocycles. The summed E-state index contributed by atoms with van der Waals surface area (Å²) < 4.78 is 46.3. The maximum atomic E-state index is 12.5. The zero-order valence-corrected chi connectivity index (χ0v) is 15.1. The molecule has 10 heteroatoms. The summed E-state index contributed by atoms with van der Waals surface area (Å²) in [6.45, 7) is 1.32. The van der Waals surface area contributed by atoms with E-state index in [1.54, 1.807) is 30.4 Å². The van der Waals surface area contributed by atoms with Gasteiger partial charge in [-0.3, -0.25) is 14.4 Å². The fourth-order valence-corrected chi connectivity index (χ4v) is 3.02. The highest BCUT2D eigenvalue weighted by Gasteiger charge is 2.39. The van der Waals surface area contributed by atoms with Gasteiger partial charge in [-0.25, -0.2) is 0 Å². The summed E-state index contributed by atoms with van der Waals surface area (Å²) in [6, 6.07) is 7.61. The van der Waals surface area contributed by atoms with Crippen molar-refractivity contribution in [3.05, 3.63) is 53.1 Å². The molecule has 1 aliphatic rings. The molecule has 1 heterocycles. The number of amides is 2. The van der Waals surface area contributed by atoms with E-state index in [0.717, 1.165) is 0 Å². The lowest BCUT2D eigenvalue weighted by Gasteiger charge is -2.25. The number of benzene rings is 2. The minimum Gasteiger partial charge on any atom is -0.462 e. The van der Waals surface area contributed by atoms with Gasteiger partial charge >= 0.3 is 11.5 Å². The number of nitrogens with zero attached hydrogens (tertiary/aromatic N) is 1. The summed E-state index contributed by atoms with van der Waals surface area (Å²) in [5.41, 5.74) is -4.04. The zero-order chi connectivity index (χ0) is 20.5. The van der Waals surface area contributed by atoms with E-state index in [-0.39, 0.29) is 22.8 Å². The third-order valence-corrected chi connectivity index (χ3v) is 4.20. The van der Waals surface area contributed by atoms with Crippen molar-refractivity contribution in [3.63, 3.8) is 0 Å². The predicted octanol–water partition coefficient (Wildman–Crippen LogP) is 4.11. The quantitative estimate of drug-likeness (QED) is 0.419. The van der Waals surface area contributed by atoms with Crippen molar-refractivity contribution in [1.29, 1.82) is 0 Å². The van der Waals surface area contributed by atoms with E-state index >= 15 is 0 Å². The zero-order valence-electron chi connectivity index (χ0n) is 14.3. The van der Waals surface area contributed by atoms with Gasteiger partial charge in [-0.2, -0.15) is 17.5 Å². The Hall–Kier alpha value is -2.85. The summed E-state index contributed by atoms with van der Waals surface area (Å²) in [6.07, 6.45) is 3.25. The fourth-order valence-electron chi connectivity index (χ4n) is 2.73. The molecule has 6 nitrogen and oxygen atoms in total. The molecule has 28 heavy (non-hydrogen) atoms. The third kappa shape index (κ3) is 4.02. The van der Waals surface area contributed by atoms with Crippen molar-refractivity contribution >= 4 is 46.7 Å². The summed E-state index contributed by atoms with van der Waals surface area (Å²) in [4.78, 5) is 35.8. The first-order chi connectivity index (χ1) is 13.2. The first-order valence-corrected chi connectivity index (χ1v) is 8.60. The van der Waals surface area contributed by atoms with Gasteiger partial charge in [-0.1, -0.05) is 24.3 Å². The van der Waals surface area contributed by atoms with Crippen molar-refractivity contribution in [2.45, 2.75) is 12.4 Å². The van der Waals surface area contributed by atoms with Crippen LogP contribution in [0.25, 0.3) is 16.8 Å². The summed E-state index contributed by atoms with van der Waals surface area (Å²) in [5, 5.41) is 0.980. The SMILES string of the molecule is CC(=O)OC/C=C/c1ccc2c3c(cccc13)C(=O)N(OSC(F)(F)F)C2=O. The standard InChI is InChI=1S/C18H12F3NO5S/c1-10(23)26-9-3-4-11-7-8-14-15-12(11)5-2-6-13(15)16(24)22(17(14)25)27-28-18(19,20)21/h2-8H,9H2,1H3/b4-3+. The maximum Gasteiger partial charge on any atom is 0.470 e. The van der Waals surface area contributed by atoms with E-state index in [1.165, 1.54) is 19.1 Å². The second kappa shape index (κ2) is 7.64. The van der Waals surface area contributed by atoms with Gasteiger partial charge in [0.2, 0.25) is 0 Å². The van der Waals surface area contributed by atoms with E-state index in [9.17, 15) is 27.6 Å². The minimum absolute atomic E-state index is 0.0464. The monoisotopic (exact) mass is 411 g/mol. The van der Waals surface area contributed by atoms with E-state index < -0.39 is 35.3 Å². The number of imide groups is 1. The summed E-state index contributed by atoms with van der Waals surface area (Å²) in [5.74, 6) is -2.41. The molecule has 3 rings (SSSR count). The molecule has 0 fully saturated rings. The van der Waals surface area contributed by atoms with Crippen molar-refractivity contribution < 1.29 is 36.6 Å². The van der Waals surface area contributed by atoms with Crippen LogP contribution >= 0.6 is 12.0 Å². The molecule has 0 radical (unpaired) electrons. The highest BCUT2D eigenvalue weighted by atomic mass is 32.2. The van der Waals surface area contributed by atoms with Gasteiger partial charge in [0.05, 0.1) is 11.1 Å². The van der Waals surface area contributed by atoms with Crippen LogP contribution in [-0.4, -0.2) is 35.0 Å². The number of hydroxylamine groups is 2. The lowest BCUT2D eigenvalue weighted by Crippen LogP contribution is -2.39. The molecule has 146 valence electrons. The van der Waals surface area contributed by atoms with Gasteiger partial charge < -0.3 is 4.74 Å². The molecular formula is C18H12F3NO5S. The van der Waals surface area contributed by atoms with Crippen molar-refractivity contribution in [3.8, 4) is 0 Å². The van der Waals surface area contributed by atoms with Gasteiger partial charge in [0.1, 0.15) is 18.6 Å². The number of halogens is 3. The van der Waals surface area contributed by atoms with Crippen LogP contribution in [0, 0.1) is 0 Å². The lowest BCUT2D eigenvalue weighted by molar-refractivity contribution is -0.139. The van der Waals surface area contributed by atoms with Gasteiger partial charge in [0, 0.05) is 12.3 Å². The van der Waals surface area contributed by atoms with Gasteiger partial charge in [-0.05, 0) is 29.2 Å². The van der Waals surface area contributed by atoms with Crippen LogP contribution in [-0.2, 0) is 13.8 Å². The third-order valence-electron chi connectivity index (χ3n) is 3.79. The Morgan fingerprint density at radius 2 is 1.82 bits per heavy atom. The molecule has 2 aromatic carbocycles. The van der Waals surface area contributed by atoms with Crippen LogP contribution in [0.15, 0.2) is 36.4 Å². The Labute approximate surface area is 161 Å². The van der Waals surface area contributed by atoms with Crippen LogP contribution < -0.4 is 0 Å². The molecule has 0 atom stereocenters. The Morgan fingerprint density at radius 3 is 2.46 bits per heavy atom. The van der Waals surface area contributed by atoms with E-state index in [2.05, 4.69) is 4.28 Å². The Bertz CT molecular complexity index is 980. The molecular weight excluding hydrogens is 399 g/mol. The van der Waals surface area contributed by atoms with Crippen molar-refractivity contribution in [1.82, 2.24) is 5.06 Å². The second-order valence-electron chi connectivity index (χ2n) is 5.64. The highest BCUT2D eigenvalue weighted by Crippen LogP contribution is 2.37. The smallest absolute Gasteiger partial charge is 0.462 e. The average Bonchev–Trinajstić information content (AvgIpc) is 2.62. The summed E-state index contributed by atoms with van der Waals surface area (Å²) >= 11 is -0.938. The van der Waals surface area contributed by atoms with Crippen LogP contribution in [0.5, 0.6) is 0 Å². The van der Waals surface area contributed by atoms with Gasteiger partial charge in [0.15, 0.2) is 0 Å². The average molecular weight is 411 g/mol. The minimum atomic E-state index is -4.77. The summed E-state index contributed by atoms with van der Waals surface area (Å²) in [7, 11) is 0. The van der Waals surface area contributed by atoms with E-state index in [0.29, 0.717) is 16.3 Å². The Kier molecular flexibility index (Phi) is 5.43. The van der Waals surface area contributed by atoms with Crippen molar-refractivity contribution in [2.75, 3.05) is 6.61 Å². The predicted molar refractivity (Wildman–Crippen MR) is 94.8 cm³/mol. The van der Waals surface area contributed by atoms with E-state index in [4.69, 9.17) is 4.74 Å². The molecule has 0 saturated heterocycles. The number of carbonyl (C=O) groups is 3. The van der Waals surface area contributed by atoms with E-state index in [1.807, 2.05) is 0 Å². The number of alkyl halides is 3. The molecule has 2 aromatic rings. The first kappa shape index (κ1) is 19.9. The Balaban J connectivity index is 1.99. The lowest BCUT2D eigenvalue weighted by atomic mass is 9.92. The number of hydrogen-bond donors (Lipinski definition) is 0. The molecule has 0 bridgehead atoms. The molecule has 0 N–H and O–H groups in total. The maximum absolute atomic E-state index is 12.5. The Morgan fingerprint density at radius 1 is 1.14 bits per heavy atom.